The second-order valence-corrected chi connectivity index (χ2v) is 6.57. The van der Waals surface area contributed by atoms with Crippen LogP contribution in [0.15, 0.2) is 12.1 Å². The standard InChI is InChI=1S/C18H24N4O4/c1-23-14-9-12-13(10-15(14)24-2)20-18(21-16(12)19)22-5-3-11(4-6-22)17-25-7-8-26-17/h9-11,17H,3-8H2,1-2H3,(H2,19,20,21). The number of nitrogens with zero attached hydrogens (tertiary/aromatic N) is 3. The number of nitrogens with two attached hydrogens (primary N) is 1. The van der Waals surface area contributed by atoms with Crippen molar-refractivity contribution in [2.24, 2.45) is 5.92 Å². The molecule has 0 saturated carbocycles. The number of methoxy groups -OCH3 is 2. The fourth-order valence-corrected chi connectivity index (χ4v) is 3.63. The molecule has 0 spiro atoms. The van der Waals surface area contributed by atoms with Gasteiger partial charge in [0, 0.05) is 30.5 Å². The van der Waals surface area contributed by atoms with Crippen LogP contribution in [0.4, 0.5) is 11.8 Å². The predicted molar refractivity (Wildman–Crippen MR) is 97.7 cm³/mol. The van der Waals surface area contributed by atoms with E-state index in [1.54, 1.807) is 14.2 Å². The largest absolute Gasteiger partial charge is 0.493 e. The van der Waals surface area contributed by atoms with Gasteiger partial charge in [-0.05, 0) is 18.9 Å². The third-order valence-electron chi connectivity index (χ3n) is 5.07. The summed E-state index contributed by atoms with van der Waals surface area (Å²) in [6, 6.07) is 3.65. The predicted octanol–water partition coefficient (Wildman–Crippen LogP) is 1.82. The van der Waals surface area contributed by atoms with Crippen LogP contribution < -0.4 is 20.1 Å². The van der Waals surface area contributed by atoms with Gasteiger partial charge in [0.25, 0.3) is 0 Å². The van der Waals surface area contributed by atoms with E-state index in [4.69, 9.17) is 29.7 Å². The van der Waals surface area contributed by atoms with Crippen LogP contribution in [-0.2, 0) is 9.47 Å². The number of anilines is 2. The fourth-order valence-electron chi connectivity index (χ4n) is 3.63. The van der Waals surface area contributed by atoms with Crippen molar-refractivity contribution in [3.05, 3.63) is 12.1 Å². The first-order valence-electron chi connectivity index (χ1n) is 8.87. The number of hydrogen-bond acceptors (Lipinski definition) is 8. The molecule has 2 fully saturated rings. The number of rotatable bonds is 4. The first-order valence-corrected chi connectivity index (χ1v) is 8.87. The molecule has 0 aliphatic carbocycles. The normalized spacial score (nSPS) is 19.2. The van der Waals surface area contributed by atoms with Crippen LogP contribution in [0.5, 0.6) is 11.5 Å². The first kappa shape index (κ1) is 17.1. The molecule has 26 heavy (non-hydrogen) atoms. The lowest BCUT2D eigenvalue weighted by Crippen LogP contribution is -2.39. The van der Waals surface area contributed by atoms with E-state index >= 15 is 0 Å². The minimum absolute atomic E-state index is 0.0588. The highest BCUT2D eigenvalue weighted by Gasteiger charge is 2.31. The van der Waals surface area contributed by atoms with Gasteiger partial charge in [-0.25, -0.2) is 4.98 Å². The Bertz CT molecular complexity index is 786. The molecule has 0 unspecified atom stereocenters. The van der Waals surface area contributed by atoms with Gasteiger partial charge in [-0.15, -0.1) is 0 Å². The lowest BCUT2D eigenvalue weighted by molar-refractivity contribution is -0.0889. The van der Waals surface area contributed by atoms with Gasteiger partial charge >= 0.3 is 0 Å². The second kappa shape index (κ2) is 7.13. The van der Waals surface area contributed by atoms with E-state index < -0.39 is 0 Å². The third-order valence-corrected chi connectivity index (χ3v) is 5.07. The molecule has 0 bridgehead atoms. The summed E-state index contributed by atoms with van der Waals surface area (Å²) < 4.78 is 22.0. The molecular weight excluding hydrogens is 336 g/mol. The molecule has 2 aromatic rings. The fraction of sp³-hybridized carbons (Fsp3) is 0.556. The SMILES string of the molecule is COc1cc2nc(N3CCC(C4OCCO4)CC3)nc(N)c2cc1OC. The first-order chi connectivity index (χ1) is 12.7. The molecule has 4 rings (SSSR count). The monoisotopic (exact) mass is 360 g/mol. The van der Waals surface area contributed by atoms with Crippen molar-refractivity contribution in [3.63, 3.8) is 0 Å². The zero-order valence-electron chi connectivity index (χ0n) is 15.1. The van der Waals surface area contributed by atoms with Crippen LogP contribution in [0.25, 0.3) is 10.9 Å². The van der Waals surface area contributed by atoms with Crippen LogP contribution in [0.2, 0.25) is 0 Å². The molecule has 1 aromatic heterocycles. The molecule has 2 aliphatic heterocycles. The molecule has 2 saturated heterocycles. The summed E-state index contributed by atoms with van der Waals surface area (Å²) in [6.45, 7) is 3.10. The quantitative estimate of drug-likeness (QED) is 0.883. The molecule has 140 valence electrons. The highest BCUT2D eigenvalue weighted by Crippen LogP contribution is 2.35. The highest BCUT2D eigenvalue weighted by atomic mass is 16.7. The smallest absolute Gasteiger partial charge is 0.227 e. The Labute approximate surface area is 152 Å². The van der Waals surface area contributed by atoms with Gasteiger partial charge in [-0.1, -0.05) is 0 Å². The van der Waals surface area contributed by atoms with Crippen molar-refractivity contribution in [3.8, 4) is 11.5 Å². The number of ether oxygens (including phenoxy) is 4. The zero-order valence-corrected chi connectivity index (χ0v) is 15.1. The van der Waals surface area contributed by atoms with Crippen molar-refractivity contribution in [1.29, 1.82) is 0 Å². The number of nitrogen functional groups attached to an aromatic ring is 1. The van der Waals surface area contributed by atoms with Gasteiger partial charge in [0.2, 0.25) is 5.95 Å². The van der Waals surface area contributed by atoms with Crippen LogP contribution in [0, 0.1) is 5.92 Å². The number of fused-ring (bicyclic) bond motifs is 1. The third kappa shape index (κ3) is 3.10. The lowest BCUT2D eigenvalue weighted by atomic mass is 9.96. The molecule has 0 amide bonds. The lowest BCUT2D eigenvalue weighted by Gasteiger charge is -2.34. The summed E-state index contributed by atoms with van der Waals surface area (Å²) in [5, 5.41) is 0.758. The topological polar surface area (TPSA) is 92.0 Å². The van der Waals surface area contributed by atoms with Crippen molar-refractivity contribution in [1.82, 2.24) is 9.97 Å². The van der Waals surface area contributed by atoms with Gasteiger partial charge in [0.05, 0.1) is 33.0 Å². The Kier molecular flexibility index (Phi) is 4.69. The van der Waals surface area contributed by atoms with E-state index in [1.807, 2.05) is 12.1 Å². The second-order valence-electron chi connectivity index (χ2n) is 6.57. The van der Waals surface area contributed by atoms with E-state index in [0.717, 1.165) is 36.8 Å². The van der Waals surface area contributed by atoms with Gasteiger partial charge in [0.1, 0.15) is 5.82 Å². The van der Waals surface area contributed by atoms with Crippen molar-refractivity contribution in [2.75, 3.05) is 51.2 Å². The Morgan fingerprint density at radius 3 is 2.35 bits per heavy atom. The summed E-state index contributed by atoms with van der Waals surface area (Å²) in [6.07, 6.45) is 1.91. The minimum Gasteiger partial charge on any atom is -0.493 e. The molecule has 3 heterocycles. The minimum atomic E-state index is -0.0588. The maximum Gasteiger partial charge on any atom is 0.227 e. The summed E-state index contributed by atoms with van der Waals surface area (Å²) in [4.78, 5) is 11.4. The number of aromatic nitrogens is 2. The van der Waals surface area contributed by atoms with Crippen molar-refractivity contribution in [2.45, 2.75) is 19.1 Å². The molecule has 8 heteroatoms. The summed E-state index contributed by atoms with van der Waals surface area (Å²) in [7, 11) is 3.20. The summed E-state index contributed by atoms with van der Waals surface area (Å²) in [5.41, 5.74) is 6.94. The van der Waals surface area contributed by atoms with Crippen LogP contribution in [0.1, 0.15) is 12.8 Å². The van der Waals surface area contributed by atoms with E-state index in [-0.39, 0.29) is 6.29 Å². The van der Waals surface area contributed by atoms with Gasteiger partial charge in [0.15, 0.2) is 17.8 Å². The molecule has 2 N–H and O–H groups in total. The molecule has 2 aliphatic rings. The van der Waals surface area contributed by atoms with Crippen molar-refractivity contribution >= 4 is 22.7 Å². The van der Waals surface area contributed by atoms with Gasteiger partial charge < -0.3 is 29.6 Å². The Balaban J connectivity index is 1.57. The zero-order chi connectivity index (χ0) is 18.1. The van der Waals surface area contributed by atoms with Gasteiger partial charge in [-0.2, -0.15) is 4.98 Å². The maximum absolute atomic E-state index is 6.19. The average Bonchev–Trinajstić information content (AvgIpc) is 3.22. The molecule has 0 radical (unpaired) electrons. The van der Waals surface area contributed by atoms with Crippen LogP contribution >= 0.6 is 0 Å². The number of benzene rings is 1. The average molecular weight is 360 g/mol. The summed E-state index contributed by atoms with van der Waals surface area (Å²) >= 11 is 0. The molecular formula is C18H24N4O4. The van der Waals surface area contributed by atoms with E-state index in [1.165, 1.54) is 0 Å². The maximum atomic E-state index is 6.19. The van der Waals surface area contributed by atoms with Crippen LogP contribution in [0.3, 0.4) is 0 Å². The van der Waals surface area contributed by atoms with Crippen molar-refractivity contribution < 1.29 is 18.9 Å². The Hall–Kier alpha value is -2.32. The highest BCUT2D eigenvalue weighted by molar-refractivity contribution is 5.91. The summed E-state index contributed by atoms with van der Waals surface area (Å²) in [5.74, 6) is 2.75. The number of piperidine rings is 1. The van der Waals surface area contributed by atoms with Gasteiger partial charge in [-0.3, -0.25) is 0 Å². The molecule has 8 nitrogen and oxygen atoms in total. The molecule has 1 aromatic carbocycles. The van der Waals surface area contributed by atoms with E-state index in [9.17, 15) is 0 Å². The van der Waals surface area contributed by atoms with E-state index in [0.29, 0.717) is 42.4 Å². The molecule has 0 atom stereocenters. The van der Waals surface area contributed by atoms with E-state index in [2.05, 4.69) is 9.88 Å². The Morgan fingerprint density at radius 2 is 1.69 bits per heavy atom. The Morgan fingerprint density at radius 1 is 1.04 bits per heavy atom. The van der Waals surface area contributed by atoms with Crippen LogP contribution in [-0.4, -0.2) is 56.8 Å². The number of hydrogen-bond donors (Lipinski definition) is 1.